The van der Waals surface area contributed by atoms with Crippen molar-refractivity contribution in [1.82, 2.24) is 10.6 Å². The molecule has 5 heteroatoms. The Morgan fingerprint density at radius 2 is 2.04 bits per heavy atom. The number of rotatable bonds is 6. The molecule has 0 bridgehead atoms. The number of hydrogen-bond acceptors (Lipinski definition) is 4. The highest BCUT2D eigenvalue weighted by atomic mass is 16.5. The third-order valence-corrected chi connectivity index (χ3v) is 5.31. The van der Waals surface area contributed by atoms with Gasteiger partial charge >= 0.3 is 0 Å². The van der Waals surface area contributed by atoms with Gasteiger partial charge in [0.2, 0.25) is 5.91 Å². The van der Waals surface area contributed by atoms with Crippen molar-refractivity contribution in [3.63, 3.8) is 0 Å². The van der Waals surface area contributed by atoms with Crippen molar-refractivity contribution in [2.75, 3.05) is 44.3 Å². The molecule has 2 aliphatic heterocycles. The van der Waals surface area contributed by atoms with Gasteiger partial charge in [-0.25, -0.2) is 0 Å². The van der Waals surface area contributed by atoms with Crippen molar-refractivity contribution in [1.29, 1.82) is 0 Å². The molecular formula is C20H31N3O2. The predicted octanol–water partition coefficient (Wildman–Crippen LogP) is 2.23. The quantitative estimate of drug-likeness (QED) is 0.830. The van der Waals surface area contributed by atoms with Crippen molar-refractivity contribution in [3.05, 3.63) is 29.3 Å². The van der Waals surface area contributed by atoms with Crippen molar-refractivity contribution in [2.24, 2.45) is 5.92 Å². The molecule has 138 valence electrons. The molecule has 2 N–H and O–H groups in total. The van der Waals surface area contributed by atoms with Crippen LogP contribution in [0, 0.1) is 12.8 Å². The van der Waals surface area contributed by atoms with Gasteiger partial charge in [0.05, 0.1) is 13.2 Å². The molecule has 0 saturated carbocycles. The molecule has 0 aromatic heterocycles. The van der Waals surface area contributed by atoms with Gasteiger partial charge in [0.25, 0.3) is 0 Å². The lowest BCUT2D eigenvalue weighted by Gasteiger charge is -2.31. The van der Waals surface area contributed by atoms with Crippen molar-refractivity contribution >= 4 is 11.6 Å². The van der Waals surface area contributed by atoms with Crippen LogP contribution in [0.5, 0.6) is 0 Å². The largest absolute Gasteiger partial charge is 0.378 e. The second-order valence-electron chi connectivity index (χ2n) is 7.24. The van der Waals surface area contributed by atoms with Crippen molar-refractivity contribution in [2.45, 2.75) is 39.2 Å². The molecule has 3 rings (SSSR count). The third-order valence-electron chi connectivity index (χ3n) is 5.31. The molecule has 0 unspecified atom stereocenters. The van der Waals surface area contributed by atoms with Crippen LogP contribution < -0.4 is 15.5 Å². The zero-order valence-corrected chi connectivity index (χ0v) is 15.4. The molecule has 0 radical (unpaired) electrons. The first-order valence-corrected chi connectivity index (χ1v) is 9.62. The van der Waals surface area contributed by atoms with Crippen molar-refractivity contribution in [3.8, 4) is 0 Å². The molecule has 1 aromatic rings. The highest BCUT2D eigenvalue weighted by Crippen LogP contribution is 2.23. The fourth-order valence-electron chi connectivity index (χ4n) is 3.71. The Bertz CT molecular complexity index is 564. The number of benzene rings is 1. The van der Waals surface area contributed by atoms with E-state index in [1.807, 2.05) is 0 Å². The lowest BCUT2D eigenvalue weighted by atomic mass is 9.93. The Labute approximate surface area is 151 Å². The second kappa shape index (κ2) is 9.20. The molecule has 2 fully saturated rings. The molecule has 1 aromatic carbocycles. The predicted molar refractivity (Wildman–Crippen MR) is 101 cm³/mol. The molecule has 2 saturated heterocycles. The fourth-order valence-corrected chi connectivity index (χ4v) is 3.71. The minimum absolute atomic E-state index is 0.173. The van der Waals surface area contributed by atoms with E-state index in [4.69, 9.17) is 4.74 Å². The monoisotopic (exact) mass is 345 g/mol. The number of amides is 1. The van der Waals surface area contributed by atoms with Crippen LogP contribution in [-0.4, -0.2) is 45.3 Å². The summed E-state index contributed by atoms with van der Waals surface area (Å²) in [6, 6.07) is 6.50. The number of hydrogen-bond donors (Lipinski definition) is 2. The molecule has 0 atom stereocenters. The molecular weight excluding hydrogens is 314 g/mol. The molecule has 1 amide bonds. The van der Waals surface area contributed by atoms with Crippen LogP contribution in [0.25, 0.3) is 0 Å². The first-order chi connectivity index (χ1) is 12.2. The van der Waals surface area contributed by atoms with E-state index in [1.165, 1.54) is 29.7 Å². The van der Waals surface area contributed by atoms with E-state index in [9.17, 15) is 4.79 Å². The van der Waals surface area contributed by atoms with Gasteiger partial charge in [-0.05, 0) is 62.4 Å². The molecule has 2 aliphatic rings. The minimum atomic E-state index is 0.173. The Hall–Kier alpha value is -1.59. The maximum Gasteiger partial charge on any atom is 0.220 e. The van der Waals surface area contributed by atoms with Crippen LogP contribution in [0.15, 0.2) is 18.2 Å². The third kappa shape index (κ3) is 5.44. The lowest BCUT2D eigenvalue weighted by molar-refractivity contribution is -0.121. The summed E-state index contributed by atoms with van der Waals surface area (Å²) in [5, 5.41) is 6.50. The van der Waals surface area contributed by atoms with Crippen LogP contribution in [0.3, 0.4) is 0 Å². The van der Waals surface area contributed by atoms with Crippen LogP contribution in [0.1, 0.15) is 36.8 Å². The van der Waals surface area contributed by atoms with Crippen LogP contribution >= 0.6 is 0 Å². The van der Waals surface area contributed by atoms with E-state index in [0.717, 1.165) is 45.8 Å². The van der Waals surface area contributed by atoms with E-state index in [-0.39, 0.29) is 5.91 Å². The standard InChI is InChI=1S/C20H31N3O2/c1-16-2-4-18(19(14-16)23-10-12-25-13-11-23)15-22-20(24)5-3-17-6-8-21-9-7-17/h2,4,14,17,21H,3,5-13,15H2,1H3,(H,22,24). The number of morpholine rings is 1. The summed E-state index contributed by atoms with van der Waals surface area (Å²) in [7, 11) is 0. The van der Waals surface area contributed by atoms with Gasteiger partial charge in [0.1, 0.15) is 0 Å². The van der Waals surface area contributed by atoms with Gasteiger partial charge in [0, 0.05) is 31.7 Å². The maximum atomic E-state index is 12.3. The normalized spacial score (nSPS) is 19.0. The Morgan fingerprint density at radius 1 is 1.28 bits per heavy atom. The topological polar surface area (TPSA) is 53.6 Å². The zero-order valence-electron chi connectivity index (χ0n) is 15.4. The van der Waals surface area contributed by atoms with Gasteiger partial charge in [0.15, 0.2) is 0 Å². The second-order valence-corrected chi connectivity index (χ2v) is 7.24. The zero-order chi connectivity index (χ0) is 17.5. The number of aryl methyl sites for hydroxylation is 1. The van der Waals surface area contributed by atoms with Crippen LogP contribution in [-0.2, 0) is 16.1 Å². The minimum Gasteiger partial charge on any atom is -0.378 e. The van der Waals surface area contributed by atoms with Gasteiger partial charge < -0.3 is 20.3 Å². The summed E-state index contributed by atoms with van der Waals surface area (Å²) in [6.45, 7) is 8.30. The lowest BCUT2D eigenvalue weighted by Crippen LogP contribution is -2.37. The Kier molecular flexibility index (Phi) is 6.70. The number of piperidine rings is 1. The van der Waals surface area contributed by atoms with Gasteiger partial charge in [-0.2, -0.15) is 0 Å². The van der Waals surface area contributed by atoms with Gasteiger partial charge in [-0.15, -0.1) is 0 Å². The summed E-state index contributed by atoms with van der Waals surface area (Å²) in [5.41, 5.74) is 3.69. The number of anilines is 1. The highest BCUT2D eigenvalue weighted by Gasteiger charge is 2.17. The Morgan fingerprint density at radius 3 is 2.80 bits per heavy atom. The highest BCUT2D eigenvalue weighted by molar-refractivity contribution is 5.76. The van der Waals surface area contributed by atoms with E-state index < -0.39 is 0 Å². The summed E-state index contributed by atoms with van der Waals surface area (Å²) in [4.78, 5) is 14.6. The smallest absolute Gasteiger partial charge is 0.220 e. The average molecular weight is 345 g/mol. The molecule has 5 nitrogen and oxygen atoms in total. The first kappa shape index (κ1) is 18.2. The summed E-state index contributed by atoms with van der Waals surface area (Å²) >= 11 is 0. The van der Waals surface area contributed by atoms with Gasteiger partial charge in [-0.1, -0.05) is 12.1 Å². The molecule has 0 aliphatic carbocycles. The number of ether oxygens (including phenoxy) is 1. The number of nitrogens with one attached hydrogen (secondary N) is 2. The molecule has 2 heterocycles. The molecule has 25 heavy (non-hydrogen) atoms. The SMILES string of the molecule is Cc1ccc(CNC(=O)CCC2CCNCC2)c(N2CCOCC2)c1. The van der Waals surface area contributed by atoms with Crippen LogP contribution in [0.2, 0.25) is 0 Å². The first-order valence-electron chi connectivity index (χ1n) is 9.62. The van der Waals surface area contributed by atoms with E-state index in [2.05, 4.69) is 40.7 Å². The van der Waals surface area contributed by atoms with E-state index in [0.29, 0.717) is 18.9 Å². The Balaban J connectivity index is 1.52. The number of carbonyl (C=O) groups excluding carboxylic acids is 1. The van der Waals surface area contributed by atoms with E-state index in [1.54, 1.807) is 0 Å². The van der Waals surface area contributed by atoms with Crippen LogP contribution in [0.4, 0.5) is 5.69 Å². The summed E-state index contributed by atoms with van der Waals surface area (Å²) in [6.07, 6.45) is 4.06. The van der Waals surface area contributed by atoms with Crippen molar-refractivity contribution < 1.29 is 9.53 Å². The number of nitrogens with zero attached hydrogens (tertiary/aromatic N) is 1. The fraction of sp³-hybridized carbons (Fsp3) is 0.650. The molecule has 0 spiro atoms. The average Bonchev–Trinajstić information content (AvgIpc) is 2.67. The number of carbonyl (C=O) groups is 1. The summed E-state index contributed by atoms with van der Waals surface area (Å²) in [5.74, 6) is 0.877. The maximum absolute atomic E-state index is 12.3. The van der Waals surface area contributed by atoms with Gasteiger partial charge in [-0.3, -0.25) is 4.79 Å². The van der Waals surface area contributed by atoms with E-state index >= 15 is 0 Å². The summed E-state index contributed by atoms with van der Waals surface area (Å²) < 4.78 is 5.46.